The van der Waals surface area contributed by atoms with E-state index in [1.165, 1.54) is 12.8 Å². The van der Waals surface area contributed by atoms with Crippen LogP contribution in [0.15, 0.2) is 0 Å². The summed E-state index contributed by atoms with van der Waals surface area (Å²) in [6.45, 7) is 2.98. The minimum Gasteiger partial charge on any atom is -0.392 e. The second kappa shape index (κ2) is 3.99. The highest BCUT2D eigenvalue weighted by Gasteiger charge is 2.45. The highest BCUT2D eigenvalue weighted by molar-refractivity contribution is 7.80. The quantitative estimate of drug-likeness (QED) is 0.736. The van der Waals surface area contributed by atoms with Crippen LogP contribution in [-0.4, -0.2) is 17.4 Å². The van der Waals surface area contributed by atoms with Crippen molar-refractivity contribution < 1.29 is 4.79 Å². The molecule has 16 heavy (non-hydrogen) atoms. The molecule has 0 aromatic carbocycles. The number of hydrogen-bond donors (Lipinski definition) is 2. The molecular formula is C12H20N2OS. The van der Waals surface area contributed by atoms with Gasteiger partial charge in [-0.05, 0) is 31.1 Å². The van der Waals surface area contributed by atoms with Crippen molar-refractivity contribution in [1.29, 1.82) is 0 Å². The van der Waals surface area contributed by atoms with Gasteiger partial charge in [-0.2, -0.15) is 0 Å². The van der Waals surface area contributed by atoms with E-state index in [-0.39, 0.29) is 5.91 Å². The summed E-state index contributed by atoms with van der Waals surface area (Å²) in [6, 6.07) is 0. The van der Waals surface area contributed by atoms with E-state index in [1.807, 2.05) is 0 Å². The predicted molar refractivity (Wildman–Crippen MR) is 68.0 cm³/mol. The highest BCUT2D eigenvalue weighted by atomic mass is 32.1. The number of nitrogens with two attached hydrogens (primary N) is 1. The Hall–Kier alpha value is -0.640. The van der Waals surface area contributed by atoms with E-state index in [1.54, 1.807) is 0 Å². The third-order valence-electron chi connectivity index (χ3n) is 4.14. The molecule has 1 amide bonds. The fourth-order valence-corrected chi connectivity index (χ4v) is 2.71. The Morgan fingerprint density at radius 2 is 1.88 bits per heavy atom. The van der Waals surface area contributed by atoms with E-state index in [9.17, 15) is 4.79 Å². The summed E-state index contributed by atoms with van der Waals surface area (Å²) in [5.41, 5.74) is 5.56. The van der Waals surface area contributed by atoms with Gasteiger partial charge in [0.1, 0.15) is 0 Å². The minimum atomic E-state index is -0.541. The molecule has 0 aromatic rings. The van der Waals surface area contributed by atoms with Gasteiger partial charge in [-0.3, -0.25) is 4.79 Å². The molecule has 2 fully saturated rings. The first kappa shape index (κ1) is 11.8. The summed E-state index contributed by atoms with van der Waals surface area (Å²) in [4.78, 5) is 12.6. The second-order valence-electron chi connectivity index (χ2n) is 5.65. The van der Waals surface area contributed by atoms with E-state index in [2.05, 4.69) is 12.2 Å². The fourth-order valence-electron chi connectivity index (χ4n) is 2.42. The molecule has 0 aromatic heterocycles. The Kier molecular flexibility index (Phi) is 2.95. The van der Waals surface area contributed by atoms with Crippen molar-refractivity contribution >= 4 is 23.1 Å². The van der Waals surface area contributed by atoms with E-state index in [4.69, 9.17) is 18.0 Å². The molecule has 4 heteroatoms. The summed E-state index contributed by atoms with van der Waals surface area (Å²) < 4.78 is 0. The van der Waals surface area contributed by atoms with Gasteiger partial charge in [0.25, 0.3) is 0 Å². The SMILES string of the molecule is CC1(CNC(=O)C2(C(N)=S)CCCC2)CC1. The first-order valence-corrected chi connectivity index (χ1v) is 6.48. The summed E-state index contributed by atoms with van der Waals surface area (Å²) in [6.07, 6.45) is 6.19. The van der Waals surface area contributed by atoms with Gasteiger partial charge >= 0.3 is 0 Å². The Morgan fingerprint density at radius 3 is 2.31 bits per heavy atom. The lowest BCUT2D eigenvalue weighted by atomic mass is 9.85. The molecule has 0 unspecified atom stereocenters. The van der Waals surface area contributed by atoms with Crippen LogP contribution < -0.4 is 11.1 Å². The number of rotatable bonds is 4. The topological polar surface area (TPSA) is 55.1 Å². The smallest absolute Gasteiger partial charge is 0.233 e. The molecule has 0 bridgehead atoms. The van der Waals surface area contributed by atoms with Gasteiger partial charge in [-0.1, -0.05) is 32.0 Å². The lowest BCUT2D eigenvalue weighted by Gasteiger charge is -2.27. The van der Waals surface area contributed by atoms with Crippen LogP contribution >= 0.6 is 12.2 Å². The summed E-state index contributed by atoms with van der Waals surface area (Å²) in [5, 5.41) is 3.04. The number of carbonyl (C=O) groups is 1. The van der Waals surface area contributed by atoms with Gasteiger partial charge in [0.2, 0.25) is 5.91 Å². The average molecular weight is 240 g/mol. The van der Waals surface area contributed by atoms with Crippen LogP contribution in [-0.2, 0) is 4.79 Å². The zero-order valence-electron chi connectivity index (χ0n) is 9.84. The van der Waals surface area contributed by atoms with Crippen molar-refractivity contribution in [2.75, 3.05) is 6.54 Å². The maximum Gasteiger partial charge on any atom is 0.233 e. The van der Waals surface area contributed by atoms with Gasteiger partial charge in [0, 0.05) is 6.54 Å². The standard InChI is InChI=1S/C12H20N2OS/c1-11(6-7-11)8-14-10(15)12(9(13)16)4-2-3-5-12/h2-8H2,1H3,(H2,13,16)(H,14,15). The van der Waals surface area contributed by atoms with E-state index >= 15 is 0 Å². The fraction of sp³-hybridized carbons (Fsp3) is 0.833. The predicted octanol–water partition coefficient (Wildman–Crippen LogP) is 1.75. The van der Waals surface area contributed by atoms with Crippen LogP contribution in [0.3, 0.4) is 0 Å². The lowest BCUT2D eigenvalue weighted by molar-refractivity contribution is -0.127. The molecule has 2 aliphatic rings. The molecule has 0 heterocycles. The van der Waals surface area contributed by atoms with Crippen LogP contribution in [0, 0.1) is 10.8 Å². The van der Waals surface area contributed by atoms with Crippen LogP contribution in [0.25, 0.3) is 0 Å². The van der Waals surface area contributed by atoms with Gasteiger partial charge in [0.15, 0.2) is 0 Å². The van der Waals surface area contributed by atoms with E-state index in [0.29, 0.717) is 10.4 Å². The molecule has 2 aliphatic carbocycles. The maximum atomic E-state index is 12.2. The lowest BCUT2D eigenvalue weighted by Crippen LogP contribution is -2.48. The highest BCUT2D eigenvalue weighted by Crippen LogP contribution is 2.45. The first-order valence-electron chi connectivity index (χ1n) is 6.07. The summed E-state index contributed by atoms with van der Waals surface area (Å²) >= 11 is 5.08. The number of amides is 1. The molecule has 0 radical (unpaired) electrons. The minimum absolute atomic E-state index is 0.0608. The Bertz CT molecular complexity index is 317. The van der Waals surface area contributed by atoms with E-state index in [0.717, 1.165) is 32.2 Å². The molecule has 2 saturated carbocycles. The van der Waals surface area contributed by atoms with Crippen molar-refractivity contribution in [1.82, 2.24) is 5.32 Å². The molecule has 0 atom stereocenters. The number of thiocarbonyl (C=S) groups is 1. The van der Waals surface area contributed by atoms with Crippen LogP contribution in [0.5, 0.6) is 0 Å². The largest absolute Gasteiger partial charge is 0.392 e. The van der Waals surface area contributed by atoms with Crippen LogP contribution in [0.2, 0.25) is 0 Å². The third-order valence-corrected chi connectivity index (χ3v) is 4.53. The zero-order valence-corrected chi connectivity index (χ0v) is 10.7. The zero-order chi connectivity index (χ0) is 11.8. The molecule has 3 nitrogen and oxygen atoms in total. The van der Waals surface area contributed by atoms with Crippen molar-refractivity contribution in [2.24, 2.45) is 16.6 Å². The monoisotopic (exact) mass is 240 g/mol. The molecule has 2 rings (SSSR count). The van der Waals surface area contributed by atoms with E-state index < -0.39 is 5.41 Å². The molecule has 0 aliphatic heterocycles. The number of carbonyl (C=O) groups excluding carboxylic acids is 1. The third kappa shape index (κ3) is 2.08. The van der Waals surface area contributed by atoms with Gasteiger partial charge < -0.3 is 11.1 Å². The number of hydrogen-bond acceptors (Lipinski definition) is 2. The Balaban J connectivity index is 1.97. The van der Waals surface area contributed by atoms with Gasteiger partial charge in [-0.25, -0.2) is 0 Å². The van der Waals surface area contributed by atoms with Crippen LogP contribution in [0.4, 0.5) is 0 Å². The van der Waals surface area contributed by atoms with Gasteiger partial charge in [0.05, 0.1) is 10.4 Å². The number of nitrogens with one attached hydrogen (secondary N) is 1. The van der Waals surface area contributed by atoms with Crippen LogP contribution in [0.1, 0.15) is 45.4 Å². The second-order valence-corrected chi connectivity index (χ2v) is 6.09. The van der Waals surface area contributed by atoms with Crippen molar-refractivity contribution in [3.63, 3.8) is 0 Å². The normalized spacial score (nSPS) is 25.1. The Morgan fingerprint density at radius 1 is 1.31 bits per heavy atom. The van der Waals surface area contributed by atoms with Crippen molar-refractivity contribution in [3.8, 4) is 0 Å². The molecule has 3 N–H and O–H groups in total. The molecule has 90 valence electrons. The Labute approximate surface area is 102 Å². The summed E-state index contributed by atoms with van der Waals surface area (Å²) in [7, 11) is 0. The molecular weight excluding hydrogens is 220 g/mol. The molecule has 0 spiro atoms. The van der Waals surface area contributed by atoms with Crippen molar-refractivity contribution in [3.05, 3.63) is 0 Å². The maximum absolute atomic E-state index is 12.2. The summed E-state index contributed by atoms with van der Waals surface area (Å²) in [5.74, 6) is 0.0608. The molecule has 0 saturated heterocycles. The van der Waals surface area contributed by atoms with Crippen molar-refractivity contribution in [2.45, 2.75) is 45.4 Å². The van der Waals surface area contributed by atoms with Gasteiger partial charge in [-0.15, -0.1) is 0 Å². The average Bonchev–Trinajstić information content (AvgIpc) is 2.81. The first-order chi connectivity index (χ1) is 7.49.